The van der Waals surface area contributed by atoms with Gasteiger partial charge in [-0.2, -0.15) is 5.57 Å². The molecule has 1 rings (SSSR count). The summed E-state index contributed by atoms with van der Waals surface area (Å²) >= 11 is -0.299. The second-order valence-electron chi connectivity index (χ2n) is 2.07. The van der Waals surface area contributed by atoms with Crippen molar-refractivity contribution in [3.05, 3.63) is 23.8 Å². The minimum Gasteiger partial charge on any atom is -0.419 e. The van der Waals surface area contributed by atoms with Crippen molar-refractivity contribution in [3.63, 3.8) is 0 Å². The standard InChI is InChI=1S/C6H5O.C2H3O.CO.Mn/c7-5-6-3-1-2-4-6;1-2-3;1-2;/h1-3H,4H2;1H3;;/q2*-1;;. The molecule has 0 aromatic heterocycles. The molecule has 0 heterocycles. The first-order valence-electron chi connectivity index (χ1n) is 3.46. The molecule has 0 fully saturated rings. The second-order valence-corrected chi connectivity index (χ2v) is 3.44. The summed E-state index contributed by atoms with van der Waals surface area (Å²) in [5.41, 5.74) is 0.750. The Balaban J connectivity index is 0.000000226. The molecule has 0 N–H and O–H groups in total. The first-order valence-corrected chi connectivity index (χ1v) is 4.64. The maximum atomic E-state index is 9.80. The summed E-state index contributed by atoms with van der Waals surface area (Å²) < 4.78 is -0.103. The van der Waals surface area contributed by atoms with Crippen molar-refractivity contribution in [1.29, 1.82) is 0 Å². The van der Waals surface area contributed by atoms with Crippen LogP contribution in [0.15, 0.2) is 23.8 Å². The Labute approximate surface area is 82.0 Å². The number of allylic oxidation sites excluding steroid dienone is 4. The summed E-state index contributed by atoms with van der Waals surface area (Å²) in [5.74, 6) is 0. The fourth-order valence-electron chi connectivity index (χ4n) is 0.577. The van der Waals surface area contributed by atoms with Crippen LogP contribution in [-0.4, -0.2) is 15.7 Å². The molecule has 0 spiro atoms. The van der Waals surface area contributed by atoms with Gasteiger partial charge in [0.05, 0.1) is 0 Å². The van der Waals surface area contributed by atoms with E-state index in [2.05, 4.69) is 0 Å². The zero-order chi connectivity index (χ0) is 10.1. The monoisotopic (exact) mass is 219 g/mol. The van der Waals surface area contributed by atoms with E-state index in [4.69, 9.17) is 0 Å². The van der Waals surface area contributed by atoms with Gasteiger partial charge in [0.2, 0.25) is 0 Å². The van der Waals surface area contributed by atoms with Crippen LogP contribution >= 0.6 is 0 Å². The van der Waals surface area contributed by atoms with E-state index in [1.165, 1.54) is 11.7 Å². The molecular formula is C9H8MnO3-2. The van der Waals surface area contributed by atoms with E-state index in [9.17, 15) is 14.7 Å². The summed E-state index contributed by atoms with van der Waals surface area (Å²) in [7, 11) is 0. The van der Waals surface area contributed by atoms with Gasteiger partial charge in [0.15, 0.2) is 0 Å². The van der Waals surface area contributed by atoms with E-state index >= 15 is 0 Å². The van der Waals surface area contributed by atoms with Crippen molar-refractivity contribution < 1.29 is 28.8 Å². The predicted octanol–water partition coefficient (Wildman–Crippen LogP) is -0.371. The summed E-state index contributed by atoms with van der Waals surface area (Å²) in [5, 5.41) is 9.80. The van der Waals surface area contributed by atoms with Gasteiger partial charge in [-0.1, -0.05) is 0 Å². The van der Waals surface area contributed by atoms with Gasteiger partial charge in [-0.05, 0) is 12.7 Å². The molecule has 0 saturated carbocycles. The fraction of sp³-hybridized carbons (Fsp3) is 0.222. The molecule has 0 unspecified atom stereocenters. The van der Waals surface area contributed by atoms with E-state index in [0.29, 0.717) is 0 Å². The molecule has 0 aliphatic heterocycles. The smallest absolute Gasteiger partial charge is 0.0105 e. The molecule has 13 heavy (non-hydrogen) atoms. The summed E-state index contributed by atoms with van der Waals surface area (Å²) in [4.78, 5) is 20.6. The molecule has 71 valence electrons. The molecule has 3 nitrogen and oxygen atoms in total. The molecule has 0 aromatic rings. The Bertz CT molecular complexity index is 312. The number of hydrogen-bond acceptors (Lipinski definition) is 3. The molecule has 1 aliphatic carbocycles. The molecule has 0 atom stereocenters. The van der Waals surface area contributed by atoms with Gasteiger partial charge in [-0.15, -0.1) is 12.2 Å². The van der Waals surface area contributed by atoms with Crippen LogP contribution in [0.2, 0.25) is 0 Å². The van der Waals surface area contributed by atoms with E-state index in [-0.39, 0.29) is 18.7 Å². The quantitative estimate of drug-likeness (QED) is 0.446. The third-order valence-electron chi connectivity index (χ3n) is 1.07. The molecule has 1 aliphatic rings. The SMILES string of the molecule is C[C]([O-])=[Mn]=[C]=O.O=[C-]C1=CC=CC1. The maximum Gasteiger partial charge on any atom is -0.0105 e. The third kappa shape index (κ3) is 7.44. The van der Waals surface area contributed by atoms with Crippen LogP contribution in [0.5, 0.6) is 0 Å². The number of carbonyl (C=O) groups excluding carboxylic acids is 2. The maximum absolute atomic E-state index is 9.80. The van der Waals surface area contributed by atoms with Crippen LogP contribution < -0.4 is 5.11 Å². The summed E-state index contributed by atoms with van der Waals surface area (Å²) in [6.07, 6.45) is 8.14. The van der Waals surface area contributed by atoms with Crippen molar-refractivity contribution in [2.45, 2.75) is 13.3 Å². The molecule has 0 amide bonds. The molecular weight excluding hydrogens is 211 g/mol. The van der Waals surface area contributed by atoms with Crippen LogP contribution in [0, 0.1) is 0 Å². The molecule has 0 saturated heterocycles. The van der Waals surface area contributed by atoms with Crippen LogP contribution in [0.4, 0.5) is 0 Å². The van der Waals surface area contributed by atoms with Crippen molar-refractivity contribution >= 4 is 15.7 Å². The average molecular weight is 219 g/mol. The van der Waals surface area contributed by atoms with Gasteiger partial charge in [-0.3, -0.25) is 0 Å². The number of hydrogen-bond donors (Lipinski definition) is 0. The fourth-order valence-corrected chi connectivity index (χ4v) is 0.747. The van der Waals surface area contributed by atoms with Crippen molar-refractivity contribution in [3.8, 4) is 0 Å². The van der Waals surface area contributed by atoms with Gasteiger partial charge in [-0.25, -0.2) is 6.08 Å². The normalized spacial score (nSPS) is 12.0. The molecule has 4 heteroatoms. The zero-order valence-corrected chi connectivity index (χ0v) is 8.22. The second kappa shape index (κ2) is 7.71. The van der Waals surface area contributed by atoms with Gasteiger partial charge >= 0.3 is 40.3 Å². The Morgan fingerprint density at radius 3 is 2.62 bits per heavy atom. The third-order valence-corrected chi connectivity index (χ3v) is 1.61. The van der Waals surface area contributed by atoms with Crippen LogP contribution in [0.1, 0.15) is 13.3 Å². The molecule has 0 bridgehead atoms. The Hall–Kier alpha value is -0.921. The minimum atomic E-state index is -0.299. The first kappa shape index (κ1) is 12.1. The molecule has 0 aromatic carbocycles. The molecule has 0 radical (unpaired) electrons. The summed E-state index contributed by atoms with van der Waals surface area (Å²) in [6.45, 7) is 1.37. The van der Waals surface area contributed by atoms with Crippen LogP contribution in [-0.2, 0) is 23.7 Å². The number of rotatable bonds is 1. The Kier molecular flexibility index (Phi) is 7.17. The topological polar surface area (TPSA) is 57.2 Å². The van der Waals surface area contributed by atoms with Crippen molar-refractivity contribution in [2.75, 3.05) is 0 Å². The summed E-state index contributed by atoms with van der Waals surface area (Å²) in [6, 6.07) is 0. The average Bonchev–Trinajstić information content (AvgIpc) is 2.56. The van der Waals surface area contributed by atoms with E-state index in [1.807, 2.05) is 18.4 Å². The van der Waals surface area contributed by atoms with E-state index in [1.54, 1.807) is 6.08 Å². The van der Waals surface area contributed by atoms with Crippen molar-refractivity contribution in [2.24, 2.45) is 0 Å². The van der Waals surface area contributed by atoms with E-state index < -0.39 is 0 Å². The van der Waals surface area contributed by atoms with E-state index in [0.717, 1.165) is 12.0 Å². The minimum absolute atomic E-state index is 0.103. The van der Waals surface area contributed by atoms with Crippen molar-refractivity contribution in [1.82, 2.24) is 0 Å². The van der Waals surface area contributed by atoms with Gasteiger partial charge in [0.1, 0.15) is 0 Å². The largest absolute Gasteiger partial charge is 0.419 e. The van der Waals surface area contributed by atoms with Crippen LogP contribution in [0.25, 0.3) is 0 Å². The first-order chi connectivity index (χ1) is 6.20. The van der Waals surface area contributed by atoms with Gasteiger partial charge < -0.3 is 4.79 Å². The van der Waals surface area contributed by atoms with Gasteiger partial charge in [0, 0.05) is 0 Å². The predicted molar refractivity (Wildman–Crippen MR) is 43.9 cm³/mol. The Morgan fingerprint density at radius 2 is 2.46 bits per heavy atom. The zero-order valence-electron chi connectivity index (χ0n) is 7.04. The van der Waals surface area contributed by atoms with Gasteiger partial charge in [0.25, 0.3) is 0 Å². The van der Waals surface area contributed by atoms with Crippen LogP contribution in [0.3, 0.4) is 0 Å². The Morgan fingerprint density at radius 1 is 1.77 bits per heavy atom.